The molecular formula is C39H48F2N6O8S. The smallest absolute Gasteiger partial charge is 0.407 e. The van der Waals surface area contributed by atoms with Crippen molar-refractivity contribution in [3.8, 4) is 5.88 Å². The van der Waals surface area contributed by atoms with Crippen LogP contribution in [0.3, 0.4) is 0 Å². The molecular weight excluding hydrogens is 751 g/mol. The first-order chi connectivity index (χ1) is 26.6. The number of alkyl carbamates (subject to hydrolysis) is 1. The van der Waals surface area contributed by atoms with Crippen LogP contribution in [0.5, 0.6) is 5.88 Å². The third-order valence-electron chi connectivity index (χ3n) is 11.2. The second-order valence-corrected chi connectivity index (χ2v) is 18.3. The second-order valence-electron chi connectivity index (χ2n) is 16.4. The van der Waals surface area contributed by atoms with Crippen LogP contribution in [-0.2, 0) is 35.1 Å². The Morgan fingerprint density at radius 3 is 2.48 bits per heavy atom. The van der Waals surface area contributed by atoms with Gasteiger partial charge < -0.3 is 25.0 Å². The van der Waals surface area contributed by atoms with E-state index in [1.54, 1.807) is 30.3 Å². The number of fused-ring (bicyclic) bond motifs is 7. The molecule has 3 N–H and O–H groups in total. The summed E-state index contributed by atoms with van der Waals surface area (Å²) in [7, 11) is -3.96. The number of hydrogen-bond acceptors (Lipinski definition) is 10. The number of para-hydroxylation sites is 2. The van der Waals surface area contributed by atoms with Crippen molar-refractivity contribution in [3.63, 3.8) is 0 Å². The molecule has 2 aliphatic carbocycles. The van der Waals surface area contributed by atoms with Gasteiger partial charge in [0.2, 0.25) is 27.7 Å². The van der Waals surface area contributed by atoms with Crippen LogP contribution in [0.25, 0.3) is 11.0 Å². The Hall–Kier alpha value is -4.67. The highest BCUT2D eigenvalue weighted by molar-refractivity contribution is 7.91. The molecule has 5 atom stereocenters. The molecule has 7 rings (SSSR count). The van der Waals surface area contributed by atoms with Gasteiger partial charge in [-0.1, -0.05) is 57.0 Å². The summed E-state index contributed by atoms with van der Waals surface area (Å²) in [6.45, 7) is 3.13. The van der Waals surface area contributed by atoms with E-state index in [0.29, 0.717) is 38.5 Å². The van der Waals surface area contributed by atoms with E-state index in [-0.39, 0.29) is 50.0 Å². The largest absolute Gasteiger partial charge is 0.470 e. The molecule has 1 aromatic heterocycles. The summed E-state index contributed by atoms with van der Waals surface area (Å²) in [6.07, 6.45) is 8.20. The van der Waals surface area contributed by atoms with Gasteiger partial charge in [-0.3, -0.25) is 19.1 Å². The summed E-state index contributed by atoms with van der Waals surface area (Å²) in [5.41, 5.74) is -2.52. The van der Waals surface area contributed by atoms with Gasteiger partial charge in [-0.2, -0.15) is 8.78 Å². The van der Waals surface area contributed by atoms with Crippen LogP contribution in [0.4, 0.5) is 13.6 Å². The molecule has 1 saturated heterocycles. The Morgan fingerprint density at radius 2 is 1.73 bits per heavy atom. The number of aromatic nitrogens is 2. The molecule has 3 fully saturated rings. The molecule has 4 heterocycles. The maximum Gasteiger partial charge on any atom is 0.407 e. The van der Waals surface area contributed by atoms with Crippen LogP contribution in [-0.4, -0.2) is 89.7 Å². The lowest BCUT2D eigenvalue weighted by Crippen LogP contribution is -2.55. The predicted molar refractivity (Wildman–Crippen MR) is 200 cm³/mol. The molecule has 5 aliphatic rings. The number of rotatable bonds is 3. The Bertz CT molecular complexity index is 2060. The van der Waals surface area contributed by atoms with E-state index in [2.05, 4.69) is 25.3 Å². The zero-order valence-electron chi connectivity index (χ0n) is 31.5. The Balaban J connectivity index is 1.28. The number of hydrogen-bond donors (Lipinski definition) is 3. The van der Waals surface area contributed by atoms with Crippen LogP contribution < -0.4 is 20.1 Å². The first kappa shape index (κ1) is 39.6. The molecule has 0 spiro atoms. The number of cyclic esters (lactones) is 1. The predicted octanol–water partition coefficient (Wildman–Crippen LogP) is 4.40. The van der Waals surface area contributed by atoms with E-state index in [1.165, 1.54) is 11.0 Å². The molecule has 0 radical (unpaired) electrons. The zero-order chi connectivity index (χ0) is 39.9. The number of benzene rings is 1. The number of allylic oxidation sites excluding steroid dienone is 3. The zero-order valence-corrected chi connectivity index (χ0v) is 32.3. The Labute approximate surface area is 324 Å². The summed E-state index contributed by atoms with van der Waals surface area (Å²) in [5, 5.41) is 4.84. The van der Waals surface area contributed by atoms with Gasteiger partial charge in [-0.05, 0) is 75.0 Å². The number of carbonyl (C=O) groups is 4. The quantitative estimate of drug-likeness (QED) is 0.376. The molecule has 302 valence electrons. The van der Waals surface area contributed by atoms with Gasteiger partial charge in [0, 0.05) is 12.5 Å². The minimum absolute atomic E-state index is 0.0310. The van der Waals surface area contributed by atoms with Crippen LogP contribution in [0.2, 0.25) is 0 Å². The maximum absolute atomic E-state index is 16.2. The number of halogens is 2. The fraction of sp³-hybridized carbons (Fsp3) is 0.590. The molecule has 2 aromatic rings. The highest BCUT2D eigenvalue weighted by Gasteiger charge is 2.62. The number of carbonyl (C=O) groups excluding carboxylic acids is 4. The molecule has 17 heteroatoms. The lowest BCUT2D eigenvalue weighted by Gasteiger charge is -2.27. The lowest BCUT2D eigenvalue weighted by atomic mass is 9.89. The van der Waals surface area contributed by atoms with Crippen LogP contribution >= 0.6 is 0 Å². The Kier molecular flexibility index (Phi) is 10.8. The average molecular weight is 799 g/mol. The van der Waals surface area contributed by atoms with E-state index in [4.69, 9.17) is 9.47 Å². The second kappa shape index (κ2) is 15.3. The van der Waals surface area contributed by atoms with Crippen molar-refractivity contribution in [2.75, 3.05) is 19.7 Å². The maximum atomic E-state index is 16.2. The highest BCUT2D eigenvalue weighted by Crippen LogP contribution is 2.46. The number of sulfonamides is 1. The van der Waals surface area contributed by atoms with Crippen molar-refractivity contribution in [1.82, 2.24) is 30.2 Å². The summed E-state index contributed by atoms with van der Waals surface area (Å²) < 4.78 is 72.0. The van der Waals surface area contributed by atoms with Gasteiger partial charge in [0.1, 0.15) is 17.7 Å². The topological polar surface area (TPSA) is 186 Å². The SMILES string of the molecule is CC1(C)CC/C=C/C(F)(F)c2nc3ccccc3nc2O[C@H]2CN3CC2C(=O)N[C@@]2(C(=O)NS(=O)(=O)C4CC4)C[C@H]2/C=C/CCCCC[C@H](NC(=O)OC1)C3=O. The standard InChI is InChI=1S/C39H48F2N6O8S/c1-37(2)18-10-11-19-39(40,41)31-33(43-28-14-9-8-13-27(28)42-31)55-30-22-47-21-26(30)32(48)45-38(35(50)46-56(52,53)25-16-17-25)20-24(38)12-6-4-3-5-7-15-29(34(47)49)44-36(51)54-23-37/h6,8-9,11-14,19,24-26,29-30H,3-5,7,10,15-18,20-23H2,1-2H3,(H,44,51)(H,45,48)(H,46,50)/b12-6+,19-11+/t24-,26?,29+,30+,38+/m1/s1. The van der Waals surface area contributed by atoms with E-state index in [1.807, 2.05) is 19.9 Å². The van der Waals surface area contributed by atoms with Gasteiger partial charge in [-0.15, -0.1) is 0 Å². The minimum atomic E-state index is -3.96. The van der Waals surface area contributed by atoms with Gasteiger partial charge in [0.25, 0.3) is 5.91 Å². The van der Waals surface area contributed by atoms with Crippen molar-refractivity contribution in [3.05, 3.63) is 54.3 Å². The van der Waals surface area contributed by atoms with Gasteiger partial charge in [0.05, 0.1) is 35.4 Å². The van der Waals surface area contributed by atoms with E-state index < -0.39 is 91.5 Å². The lowest BCUT2D eigenvalue weighted by molar-refractivity contribution is -0.134. The number of amides is 4. The van der Waals surface area contributed by atoms with Crippen LogP contribution in [0.15, 0.2) is 48.6 Å². The first-order valence-electron chi connectivity index (χ1n) is 19.3. The molecule has 14 nitrogen and oxygen atoms in total. The van der Waals surface area contributed by atoms with Crippen molar-refractivity contribution in [2.45, 2.75) is 107 Å². The van der Waals surface area contributed by atoms with E-state index in [9.17, 15) is 27.6 Å². The van der Waals surface area contributed by atoms with Crippen molar-refractivity contribution >= 4 is 44.9 Å². The summed E-state index contributed by atoms with van der Waals surface area (Å²) in [4.78, 5) is 65.6. The van der Waals surface area contributed by atoms with Crippen molar-refractivity contribution in [2.24, 2.45) is 17.3 Å². The van der Waals surface area contributed by atoms with Gasteiger partial charge in [-0.25, -0.2) is 23.2 Å². The number of nitrogens with one attached hydrogen (secondary N) is 3. The minimum Gasteiger partial charge on any atom is -0.470 e. The number of alkyl halides is 2. The number of nitrogens with zero attached hydrogens (tertiary/aromatic N) is 3. The molecule has 3 aliphatic heterocycles. The summed E-state index contributed by atoms with van der Waals surface area (Å²) >= 11 is 0. The van der Waals surface area contributed by atoms with Gasteiger partial charge in [0.15, 0.2) is 5.69 Å². The van der Waals surface area contributed by atoms with Crippen LogP contribution in [0.1, 0.15) is 83.7 Å². The molecule has 4 amide bonds. The van der Waals surface area contributed by atoms with Crippen molar-refractivity contribution in [1.29, 1.82) is 0 Å². The van der Waals surface area contributed by atoms with Crippen molar-refractivity contribution < 1.29 is 45.9 Å². The summed E-state index contributed by atoms with van der Waals surface area (Å²) in [5.74, 6) is -8.09. The van der Waals surface area contributed by atoms with Crippen LogP contribution in [0, 0.1) is 17.3 Å². The monoisotopic (exact) mass is 798 g/mol. The molecule has 2 saturated carbocycles. The molecule has 1 unspecified atom stereocenters. The van der Waals surface area contributed by atoms with Gasteiger partial charge >= 0.3 is 12.0 Å². The average Bonchev–Trinajstić information content (AvgIpc) is 4.07. The van der Waals surface area contributed by atoms with E-state index in [0.717, 1.165) is 12.5 Å². The fourth-order valence-electron chi connectivity index (χ4n) is 7.55. The third-order valence-corrected chi connectivity index (χ3v) is 13.0. The third kappa shape index (κ3) is 8.66. The molecule has 1 aromatic carbocycles. The first-order valence-corrected chi connectivity index (χ1v) is 20.9. The number of ether oxygens (including phenoxy) is 2. The fourth-order valence-corrected chi connectivity index (χ4v) is 8.92. The molecule has 56 heavy (non-hydrogen) atoms. The normalized spacial score (nSPS) is 31.0. The van der Waals surface area contributed by atoms with E-state index >= 15 is 8.78 Å². The Morgan fingerprint density at radius 1 is 0.982 bits per heavy atom. The summed E-state index contributed by atoms with van der Waals surface area (Å²) in [6, 6.07) is 5.41. The highest BCUT2D eigenvalue weighted by atomic mass is 32.2. The molecule has 4 bridgehead atoms.